The Morgan fingerprint density at radius 2 is 2.15 bits per heavy atom. The molecule has 110 valence electrons. The summed E-state index contributed by atoms with van der Waals surface area (Å²) in [5.41, 5.74) is 5.77. The topological polar surface area (TPSA) is 106 Å². The quantitative estimate of drug-likeness (QED) is 0.734. The van der Waals surface area contributed by atoms with Crippen LogP contribution in [0.4, 0.5) is 0 Å². The van der Waals surface area contributed by atoms with Crippen molar-refractivity contribution in [3.05, 3.63) is 11.9 Å². The van der Waals surface area contributed by atoms with Crippen molar-refractivity contribution in [3.8, 4) is 0 Å². The molecule has 2 amide bonds. The predicted molar refractivity (Wildman–Crippen MR) is 71.8 cm³/mol. The Balaban J connectivity index is 1.89. The van der Waals surface area contributed by atoms with Gasteiger partial charge >= 0.3 is 0 Å². The average molecular weight is 280 g/mol. The van der Waals surface area contributed by atoms with Gasteiger partial charge in [0.15, 0.2) is 5.69 Å². The van der Waals surface area contributed by atoms with E-state index in [1.54, 1.807) is 15.8 Å². The van der Waals surface area contributed by atoms with Gasteiger partial charge < -0.3 is 16.0 Å². The zero-order valence-corrected chi connectivity index (χ0v) is 11.6. The third-order valence-electron chi connectivity index (χ3n) is 3.31. The lowest BCUT2D eigenvalue weighted by molar-refractivity contribution is -0.119. The van der Waals surface area contributed by atoms with Gasteiger partial charge in [-0.3, -0.25) is 14.3 Å². The molecule has 0 spiro atoms. The molecule has 0 radical (unpaired) electrons. The van der Waals surface area contributed by atoms with Crippen molar-refractivity contribution in [1.29, 1.82) is 0 Å². The number of carbonyl (C=O) groups excluding carboxylic acids is 2. The lowest BCUT2D eigenvalue weighted by atomic mass is 10.0. The third-order valence-corrected chi connectivity index (χ3v) is 3.31. The van der Waals surface area contributed by atoms with E-state index in [9.17, 15) is 9.59 Å². The number of nitrogens with one attached hydrogen (secondary N) is 1. The average Bonchev–Trinajstić information content (AvgIpc) is 2.87. The van der Waals surface area contributed by atoms with Crippen LogP contribution in [-0.2, 0) is 11.3 Å². The Labute approximate surface area is 117 Å². The first-order valence-electron chi connectivity index (χ1n) is 6.76. The van der Waals surface area contributed by atoms with Gasteiger partial charge in [-0.2, -0.15) is 0 Å². The molecule has 1 aliphatic rings. The summed E-state index contributed by atoms with van der Waals surface area (Å²) in [6.45, 7) is 3.75. The highest BCUT2D eigenvalue weighted by Crippen LogP contribution is 2.12. The highest BCUT2D eigenvalue weighted by molar-refractivity contribution is 5.92. The number of aromatic nitrogens is 3. The van der Waals surface area contributed by atoms with Gasteiger partial charge in [0, 0.05) is 32.6 Å². The number of amides is 2. The van der Waals surface area contributed by atoms with Crippen molar-refractivity contribution >= 4 is 11.8 Å². The molecule has 1 aromatic rings. The first kappa shape index (κ1) is 14.4. The maximum Gasteiger partial charge on any atom is 0.276 e. The number of rotatable bonds is 4. The van der Waals surface area contributed by atoms with Crippen LogP contribution in [0.2, 0.25) is 0 Å². The Kier molecular flexibility index (Phi) is 4.67. The molecule has 3 N–H and O–H groups in total. The van der Waals surface area contributed by atoms with Crippen molar-refractivity contribution in [2.45, 2.75) is 32.4 Å². The Morgan fingerprint density at radius 3 is 2.75 bits per heavy atom. The molecule has 20 heavy (non-hydrogen) atoms. The third kappa shape index (κ3) is 3.53. The number of likely N-dealkylation sites (tertiary alicyclic amines) is 1. The molecule has 0 aromatic carbocycles. The molecule has 2 heterocycles. The number of nitrogens with two attached hydrogens (primary N) is 1. The first-order valence-corrected chi connectivity index (χ1v) is 6.76. The summed E-state index contributed by atoms with van der Waals surface area (Å²) >= 11 is 0. The number of hydrogen-bond donors (Lipinski definition) is 2. The van der Waals surface area contributed by atoms with Crippen LogP contribution in [0, 0.1) is 0 Å². The summed E-state index contributed by atoms with van der Waals surface area (Å²) in [6, 6.07) is 0.157. The van der Waals surface area contributed by atoms with Crippen LogP contribution >= 0.6 is 0 Å². The molecular weight excluding hydrogens is 260 g/mol. The van der Waals surface area contributed by atoms with Crippen LogP contribution in [0.1, 0.15) is 30.3 Å². The van der Waals surface area contributed by atoms with Crippen molar-refractivity contribution in [3.63, 3.8) is 0 Å². The van der Waals surface area contributed by atoms with Crippen molar-refractivity contribution < 1.29 is 9.59 Å². The molecule has 2 rings (SSSR count). The van der Waals surface area contributed by atoms with Gasteiger partial charge in [-0.1, -0.05) is 5.21 Å². The molecule has 1 aromatic heterocycles. The van der Waals surface area contributed by atoms with Gasteiger partial charge in [0.05, 0.1) is 12.7 Å². The highest BCUT2D eigenvalue weighted by atomic mass is 16.2. The standard InChI is InChI=1S/C12H20N6O2/c1-9(19)14-10-2-5-17(6-3-10)12(20)11-8-18(7-4-13)16-15-11/h8,10H,2-7,13H2,1H3,(H,14,19). The van der Waals surface area contributed by atoms with Crippen molar-refractivity contribution in [2.75, 3.05) is 19.6 Å². The van der Waals surface area contributed by atoms with Gasteiger partial charge in [-0.25, -0.2) is 0 Å². The normalized spacial score (nSPS) is 16.2. The molecule has 0 atom stereocenters. The number of carbonyl (C=O) groups is 2. The van der Waals surface area contributed by atoms with E-state index in [-0.39, 0.29) is 17.9 Å². The predicted octanol–water partition coefficient (Wildman–Crippen LogP) is -1.02. The van der Waals surface area contributed by atoms with E-state index in [2.05, 4.69) is 15.6 Å². The van der Waals surface area contributed by atoms with Crippen LogP contribution in [0.15, 0.2) is 6.20 Å². The van der Waals surface area contributed by atoms with E-state index < -0.39 is 0 Å². The maximum absolute atomic E-state index is 12.2. The zero-order chi connectivity index (χ0) is 14.5. The van der Waals surface area contributed by atoms with E-state index >= 15 is 0 Å². The minimum atomic E-state index is -0.116. The van der Waals surface area contributed by atoms with Gasteiger partial charge in [-0.05, 0) is 12.8 Å². The molecule has 1 aliphatic heterocycles. The van der Waals surface area contributed by atoms with E-state index in [1.165, 1.54) is 6.92 Å². The largest absolute Gasteiger partial charge is 0.353 e. The van der Waals surface area contributed by atoms with Gasteiger partial charge in [0.2, 0.25) is 5.91 Å². The zero-order valence-electron chi connectivity index (χ0n) is 11.6. The Morgan fingerprint density at radius 1 is 1.45 bits per heavy atom. The number of hydrogen-bond acceptors (Lipinski definition) is 5. The number of nitrogens with zero attached hydrogens (tertiary/aromatic N) is 4. The second kappa shape index (κ2) is 6.47. The molecule has 0 saturated carbocycles. The Bertz CT molecular complexity index is 478. The smallest absolute Gasteiger partial charge is 0.276 e. The lowest BCUT2D eigenvalue weighted by Gasteiger charge is -2.31. The van der Waals surface area contributed by atoms with E-state index in [0.717, 1.165) is 12.8 Å². The fraction of sp³-hybridized carbons (Fsp3) is 0.667. The minimum absolute atomic E-state index is 0.0282. The molecule has 0 unspecified atom stereocenters. The fourth-order valence-corrected chi connectivity index (χ4v) is 2.31. The molecule has 8 heteroatoms. The Hall–Kier alpha value is -1.96. The second-order valence-electron chi connectivity index (χ2n) is 4.92. The SMILES string of the molecule is CC(=O)NC1CCN(C(=O)c2cn(CCN)nn2)CC1. The number of piperidine rings is 1. The molecule has 1 fully saturated rings. The summed E-state index contributed by atoms with van der Waals surface area (Å²) in [7, 11) is 0. The van der Waals surface area contributed by atoms with Crippen LogP contribution in [0.25, 0.3) is 0 Å². The summed E-state index contributed by atoms with van der Waals surface area (Å²) in [6.07, 6.45) is 3.15. The molecule has 0 aliphatic carbocycles. The lowest BCUT2D eigenvalue weighted by Crippen LogP contribution is -2.46. The monoisotopic (exact) mass is 280 g/mol. The summed E-state index contributed by atoms with van der Waals surface area (Å²) < 4.78 is 1.57. The summed E-state index contributed by atoms with van der Waals surface area (Å²) in [5, 5.41) is 10.6. The highest BCUT2D eigenvalue weighted by Gasteiger charge is 2.25. The fourth-order valence-electron chi connectivity index (χ4n) is 2.31. The van der Waals surface area contributed by atoms with Crippen molar-refractivity contribution in [1.82, 2.24) is 25.2 Å². The summed E-state index contributed by atoms with van der Waals surface area (Å²) in [4.78, 5) is 25.0. The van der Waals surface area contributed by atoms with Crippen LogP contribution < -0.4 is 11.1 Å². The second-order valence-corrected chi connectivity index (χ2v) is 4.92. The van der Waals surface area contributed by atoms with Crippen LogP contribution in [0.3, 0.4) is 0 Å². The minimum Gasteiger partial charge on any atom is -0.353 e. The van der Waals surface area contributed by atoms with Crippen molar-refractivity contribution in [2.24, 2.45) is 5.73 Å². The van der Waals surface area contributed by atoms with Gasteiger partial charge in [0.25, 0.3) is 5.91 Å². The van der Waals surface area contributed by atoms with Gasteiger partial charge in [0.1, 0.15) is 0 Å². The van der Waals surface area contributed by atoms with Crippen LogP contribution in [-0.4, -0.2) is 57.4 Å². The van der Waals surface area contributed by atoms with Gasteiger partial charge in [-0.15, -0.1) is 5.10 Å². The molecular formula is C12H20N6O2. The molecule has 0 bridgehead atoms. The molecule has 1 saturated heterocycles. The summed E-state index contributed by atoms with van der Waals surface area (Å²) in [5.74, 6) is -0.144. The first-order chi connectivity index (χ1) is 9.60. The van der Waals surface area contributed by atoms with E-state index in [4.69, 9.17) is 5.73 Å². The van der Waals surface area contributed by atoms with E-state index in [0.29, 0.717) is 31.9 Å². The maximum atomic E-state index is 12.2. The van der Waals surface area contributed by atoms with E-state index in [1.807, 2.05) is 0 Å². The molecule has 8 nitrogen and oxygen atoms in total. The van der Waals surface area contributed by atoms with Crippen LogP contribution in [0.5, 0.6) is 0 Å².